The second-order valence-corrected chi connectivity index (χ2v) is 3.10. The van der Waals surface area contributed by atoms with Crippen molar-refractivity contribution in [1.29, 1.82) is 0 Å². The number of carbonyl (C=O) groups excluding carboxylic acids is 2. The third-order valence-corrected chi connectivity index (χ3v) is 1.50. The van der Waals surface area contributed by atoms with Crippen LogP contribution >= 0.6 is 0 Å². The van der Waals surface area contributed by atoms with E-state index in [1.165, 1.54) is 13.2 Å². The van der Waals surface area contributed by atoms with Gasteiger partial charge in [-0.2, -0.15) is 0 Å². The van der Waals surface area contributed by atoms with Gasteiger partial charge in [-0.1, -0.05) is 13.2 Å². The standard InChI is InChI=1S/2C6H11NO2/c1-5(2)6(8)7-4-9-3;1-3-6(8)7-5-9-4-2/h1,4H2,2-3H3,(H,7,8);3H,1,4-5H2,2H3,(H,7,8). The number of hydrogen-bond acceptors (Lipinski definition) is 4. The zero-order valence-electron chi connectivity index (χ0n) is 11.2. The smallest absolute Gasteiger partial charge is 0.248 e. The fourth-order valence-electron chi connectivity index (χ4n) is 0.585. The molecule has 6 heteroatoms. The van der Waals surface area contributed by atoms with Crippen LogP contribution in [0.3, 0.4) is 0 Å². The van der Waals surface area contributed by atoms with Gasteiger partial charge in [-0.15, -0.1) is 0 Å². The summed E-state index contributed by atoms with van der Waals surface area (Å²) in [6.45, 7) is 11.3. The van der Waals surface area contributed by atoms with E-state index in [0.717, 1.165) is 0 Å². The number of carbonyl (C=O) groups is 2. The van der Waals surface area contributed by atoms with Crippen molar-refractivity contribution >= 4 is 11.8 Å². The lowest BCUT2D eigenvalue weighted by molar-refractivity contribution is -0.119. The first-order valence-electron chi connectivity index (χ1n) is 5.40. The number of hydrogen-bond donors (Lipinski definition) is 2. The van der Waals surface area contributed by atoms with Crippen LogP contribution in [0.2, 0.25) is 0 Å². The maximum Gasteiger partial charge on any atom is 0.248 e. The Balaban J connectivity index is 0. The number of nitrogens with one attached hydrogen (secondary N) is 2. The topological polar surface area (TPSA) is 76.7 Å². The van der Waals surface area contributed by atoms with Crippen molar-refractivity contribution in [3.8, 4) is 0 Å². The highest BCUT2D eigenvalue weighted by Gasteiger charge is 1.96. The van der Waals surface area contributed by atoms with Gasteiger partial charge < -0.3 is 20.1 Å². The summed E-state index contributed by atoms with van der Waals surface area (Å²) in [5.41, 5.74) is 0.493. The molecule has 0 spiro atoms. The summed E-state index contributed by atoms with van der Waals surface area (Å²) in [5, 5.41) is 4.93. The van der Waals surface area contributed by atoms with Crippen molar-refractivity contribution in [3.05, 3.63) is 24.8 Å². The molecule has 0 rings (SSSR count). The molecule has 0 aliphatic rings. The predicted molar refractivity (Wildman–Crippen MR) is 69.7 cm³/mol. The number of amides is 2. The van der Waals surface area contributed by atoms with Crippen molar-refractivity contribution in [3.63, 3.8) is 0 Å². The van der Waals surface area contributed by atoms with Gasteiger partial charge in [0.05, 0.1) is 0 Å². The zero-order valence-corrected chi connectivity index (χ0v) is 11.2. The molecular formula is C12H22N2O4. The molecule has 0 heterocycles. The molecule has 0 bridgehead atoms. The van der Waals surface area contributed by atoms with Gasteiger partial charge in [-0.05, 0) is 19.9 Å². The normalized spacial score (nSPS) is 8.61. The van der Waals surface area contributed by atoms with Crippen LogP contribution in [0.15, 0.2) is 24.8 Å². The van der Waals surface area contributed by atoms with E-state index < -0.39 is 0 Å². The molecular weight excluding hydrogens is 236 g/mol. The molecule has 0 aromatic rings. The molecule has 0 saturated carbocycles. The first kappa shape index (κ1) is 18.7. The lowest BCUT2D eigenvalue weighted by Gasteiger charge is -2.00. The third-order valence-electron chi connectivity index (χ3n) is 1.50. The van der Waals surface area contributed by atoms with Crippen molar-refractivity contribution in [2.45, 2.75) is 13.8 Å². The first-order chi connectivity index (χ1) is 8.49. The molecule has 2 N–H and O–H groups in total. The Morgan fingerprint density at radius 3 is 2.28 bits per heavy atom. The van der Waals surface area contributed by atoms with Crippen LogP contribution in [0.5, 0.6) is 0 Å². The summed E-state index contributed by atoms with van der Waals surface area (Å²) >= 11 is 0. The Morgan fingerprint density at radius 1 is 1.28 bits per heavy atom. The summed E-state index contributed by atoms with van der Waals surface area (Å²) in [5.74, 6) is -0.375. The molecule has 2 amide bonds. The molecule has 0 atom stereocenters. The van der Waals surface area contributed by atoms with Crippen LogP contribution in [-0.2, 0) is 19.1 Å². The van der Waals surface area contributed by atoms with E-state index >= 15 is 0 Å². The summed E-state index contributed by atoms with van der Waals surface area (Å²) in [7, 11) is 1.51. The van der Waals surface area contributed by atoms with Gasteiger partial charge in [-0.25, -0.2) is 0 Å². The zero-order chi connectivity index (χ0) is 14.4. The largest absolute Gasteiger partial charge is 0.364 e. The van der Waals surface area contributed by atoms with E-state index in [-0.39, 0.29) is 25.3 Å². The van der Waals surface area contributed by atoms with Crippen LogP contribution in [0, 0.1) is 0 Å². The van der Waals surface area contributed by atoms with Gasteiger partial charge >= 0.3 is 0 Å². The second-order valence-electron chi connectivity index (χ2n) is 3.10. The highest BCUT2D eigenvalue weighted by atomic mass is 16.5. The van der Waals surface area contributed by atoms with Crippen LogP contribution < -0.4 is 10.6 Å². The summed E-state index contributed by atoms with van der Waals surface area (Å²) in [4.78, 5) is 21.0. The molecule has 18 heavy (non-hydrogen) atoms. The van der Waals surface area contributed by atoms with Gasteiger partial charge in [0.15, 0.2) is 0 Å². The summed E-state index contributed by atoms with van der Waals surface area (Å²) < 4.78 is 9.42. The maximum absolute atomic E-state index is 10.6. The fourth-order valence-corrected chi connectivity index (χ4v) is 0.585. The summed E-state index contributed by atoms with van der Waals surface area (Å²) in [6, 6.07) is 0. The minimum atomic E-state index is -0.205. The number of ether oxygens (including phenoxy) is 2. The minimum Gasteiger partial charge on any atom is -0.364 e. The Kier molecular flexibility index (Phi) is 13.9. The van der Waals surface area contributed by atoms with Crippen LogP contribution in [0.4, 0.5) is 0 Å². The SMILES string of the molecule is C=C(C)C(=O)NCOC.C=CC(=O)NCOCC. The molecule has 0 aromatic carbocycles. The molecule has 0 fully saturated rings. The average Bonchev–Trinajstić information content (AvgIpc) is 2.36. The van der Waals surface area contributed by atoms with E-state index in [0.29, 0.717) is 12.2 Å². The van der Waals surface area contributed by atoms with Crippen molar-refractivity contribution in [2.24, 2.45) is 0 Å². The number of rotatable bonds is 7. The van der Waals surface area contributed by atoms with E-state index in [9.17, 15) is 9.59 Å². The Bertz CT molecular complexity index is 275. The highest BCUT2D eigenvalue weighted by Crippen LogP contribution is 1.83. The van der Waals surface area contributed by atoms with E-state index in [1.807, 2.05) is 6.92 Å². The molecule has 0 aliphatic heterocycles. The second kappa shape index (κ2) is 13.4. The van der Waals surface area contributed by atoms with Crippen LogP contribution in [-0.4, -0.2) is 39.0 Å². The van der Waals surface area contributed by atoms with Gasteiger partial charge in [0.25, 0.3) is 0 Å². The molecule has 104 valence electrons. The average molecular weight is 258 g/mol. The lowest BCUT2D eigenvalue weighted by Crippen LogP contribution is -2.25. The Labute approximate surface area is 108 Å². The Hall–Kier alpha value is -1.66. The molecule has 6 nitrogen and oxygen atoms in total. The summed E-state index contributed by atoms with van der Waals surface area (Å²) in [6.07, 6.45) is 1.21. The lowest BCUT2D eigenvalue weighted by atomic mass is 10.3. The third kappa shape index (κ3) is 14.3. The van der Waals surface area contributed by atoms with Crippen molar-refractivity contribution in [1.82, 2.24) is 10.6 Å². The number of methoxy groups -OCH3 is 1. The van der Waals surface area contributed by atoms with Crippen LogP contribution in [0.1, 0.15) is 13.8 Å². The van der Waals surface area contributed by atoms with Crippen molar-refractivity contribution < 1.29 is 19.1 Å². The van der Waals surface area contributed by atoms with Crippen LogP contribution in [0.25, 0.3) is 0 Å². The minimum absolute atomic E-state index is 0.170. The molecule has 0 radical (unpaired) electrons. The molecule has 0 unspecified atom stereocenters. The van der Waals surface area contributed by atoms with Gasteiger partial charge in [-0.3, -0.25) is 9.59 Å². The molecule has 0 saturated heterocycles. The van der Waals surface area contributed by atoms with Gasteiger partial charge in [0.1, 0.15) is 13.5 Å². The highest BCUT2D eigenvalue weighted by molar-refractivity contribution is 5.91. The van der Waals surface area contributed by atoms with Gasteiger partial charge in [0.2, 0.25) is 11.8 Å². The van der Waals surface area contributed by atoms with E-state index in [2.05, 4.69) is 28.5 Å². The van der Waals surface area contributed by atoms with Gasteiger partial charge in [0, 0.05) is 19.3 Å². The van der Waals surface area contributed by atoms with E-state index in [1.54, 1.807) is 6.92 Å². The first-order valence-corrected chi connectivity index (χ1v) is 5.40. The Morgan fingerprint density at radius 2 is 1.89 bits per heavy atom. The van der Waals surface area contributed by atoms with E-state index in [4.69, 9.17) is 4.74 Å². The molecule has 0 aromatic heterocycles. The fraction of sp³-hybridized carbons (Fsp3) is 0.500. The predicted octanol–water partition coefficient (Wildman–Crippen LogP) is 0.565. The quantitative estimate of drug-likeness (QED) is 0.397. The van der Waals surface area contributed by atoms with Crippen molar-refractivity contribution in [2.75, 3.05) is 27.2 Å². The molecule has 0 aliphatic carbocycles. The maximum atomic E-state index is 10.6. The monoisotopic (exact) mass is 258 g/mol.